The van der Waals surface area contributed by atoms with E-state index in [9.17, 15) is 14.4 Å². The molecule has 0 N–H and O–H groups in total. The summed E-state index contributed by atoms with van der Waals surface area (Å²) >= 11 is 0. The van der Waals surface area contributed by atoms with Crippen LogP contribution in [0.4, 0.5) is 13.6 Å². The Bertz CT molecular complexity index is 1300. The lowest BCUT2D eigenvalue weighted by molar-refractivity contribution is -0.154. The van der Waals surface area contributed by atoms with E-state index in [4.69, 9.17) is 9.16 Å². The van der Waals surface area contributed by atoms with Gasteiger partial charge in [-0.05, 0) is 55.5 Å². The van der Waals surface area contributed by atoms with E-state index in [-0.39, 0.29) is 30.4 Å². The summed E-state index contributed by atoms with van der Waals surface area (Å²) in [5.74, 6) is -7.52. The number of hydrogen-bond donors (Lipinski definition) is 0. The van der Waals surface area contributed by atoms with Crippen LogP contribution < -0.4 is 10.4 Å². The number of piperidine rings is 1. The Balaban J connectivity index is 1.64. The van der Waals surface area contributed by atoms with Crippen LogP contribution in [0.15, 0.2) is 66.7 Å². The number of hydrogen-bond acceptors (Lipinski definition) is 5. The molecule has 3 rings (SSSR count). The highest BCUT2D eigenvalue weighted by molar-refractivity contribution is 6.80. The van der Waals surface area contributed by atoms with Gasteiger partial charge < -0.3 is 14.1 Å². The maximum atomic E-state index is 15.2. The van der Waals surface area contributed by atoms with Crippen molar-refractivity contribution in [1.29, 1.82) is 0 Å². The van der Waals surface area contributed by atoms with Gasteiger partial charge in [0.1, 0.15) is 17.3 Å². The zero-order chi connectivity index (χ0) is 32.2. The summed E-state index contributed by atoms with van der Waals surface area (Å²) < 4.78 is 42.2. The summed E-state index contributed by atoms with van der Waals surface area (Å²) in [6.07, 6.45) is -1.70. The number of ether oxygens (including phenoxy) is 1. The lowest BCUT2D eigenvalue weighted by Crippen LogP contribution is -2.55. The summed E-state index contributed by atoms with van der Waals surface area (Å²) in [5.41, 5.74) is 0.551. The molecule has 1 aliphatic heterocycles. The topological polar surface area (TPSA) is 72.9 Å². The summed E-state index contributed by atoms with van der Waals surface area (Å²) in [5, 5.41) is 2.07. The van der Waals surface area contributed by atoms with Crippen LogP contribution in [-0.4, -0.2) is 62.3 Å². The molecule has 2 aromatic carbocycles. The zero-order valence-electron chi connectivity index (χ0n) is 26.3. The normalized spacial score (nSPS) is 18.1. The van der Waals surface area contributed by atoms with Crippen LogP contribution in [0, 0.1) is 5.92 Å². The van der Waals surface area contributed by atoms with Crippen molar-refractivity contribution in [2.24, 2.45) is 5.92 Å². The van der Waals surface area contributed by atoms with Crippen molar-refractivity contribution >= 4 is 37.1 Å². The lowest BCUT2D eigenvalue weighted by Gasteiger charge is -2.38. The van der Waals surface area contributed by atoms with Crippen molar-refractivity contribution in [3.05, 3.63) is 72.3 Å². The third-order valence-corrected chi connectivity index (χ3v) is 9.53. The maximum absolute atomic E-state index is 15.2. The minimum absolute atomic E-state index is 0.00789. The van der Waals surface area contributed by atoms with E-state index in [1.165, 1.54) is 10.5 Å². The van der Waals surface area contributed by atoms with E-state index < -0.39 is 63.1 Å². The van der Waals surface area contributed by atoms with Crippen LogP contribution in [0.25, 0.3) is 0 Å². The van der Waals surface area contributed by atoms with Gasteiger partial charge in [0.15, 0.2) is 0 Å². The molecule has 1 fully saturated rings. The molecule has 1 amide bonds. The number of carbonyl (C=O) groups excluding carboxylic acids is 3. The first-order valence-electron chi connectivity index (χ1n) is 14.7. The van der Waals surface area contributed by atoms with Crippen LogP contribution in [0.1, 0.15) is 73.3 Å². The molecular weight excluding hydrogens is 568 g/mol. The van der Waals surface area contributed by atoms with Gasteiger partial charge in [0.05, 0.1) is 0 Å². The van der Waals surface area contributed by atoms with Crippen LogP contribution in [0.5, 0.6) is 0 Å². The molecule has 1 aliphatic rings. The van der Waals surface area contributed by atoms with E-state index in [0.717, 1.165) is 10.4 Å². The molecule has 1 heterocycles. The number of carbonyl (C=O) groups is 3. The maximum Gasteiger partial charge on any atom is 0.410 e. The van der Waals surface area contributed by atoms with E-state index >= 15 is 8.78 Å². The SMILES string of the molecule is C=C(CCO[Si](c1ccccc1)c1ccc(C(C)(C)C)cc1)CC(F)(F)C(=O)[C@@H]1CN(C(=O)OC(C)(C)C)[C@H](C)CC1=O. The number of amides is 1. The predicted octanol–water partition coefficient (Wildman–Crippen LogP) is 5.86. The fourth-order valence-electron chi connectivity index (χ4n) is 4.91. The van der Waals surface area contributed by atoms with Crippen molar-refractivity contribution in [3.8, 4) is 0 Å². The molecule has 233 valence electrons. The van der Waals surface area contributed by atoms with Gasteiger partial charge in [0.25, 0.3) is 9.04 Å². The summed E-state index contributed by atoms with van der Waals surface area (Å²) in [6.45, 7) is 16.6. The monoisotopic (exact) mass is 612 g/mol. The van der Waals surface area contributed by atoms with Gasteiger partial charge in [0, 0.05) is 32.0 Å². The molecule has 9 heteroatoms. The molecule has 1 radical (unpaired) electrons. The lowest BCUT2D eigenvalue weighted by atomic mass is 9.85. The third-order valence-electron chi connectivity index (χ3n) is 7.32. The minimum atomic E-state index is -3.81. The van der Waals surface area contributed by atoms with Crippen LogP contribution in [0.3, 0.4) is 0 Å². The number of benzene rings is 2. The quantitative estimate of drug-likeness (QED) is 0.191. The molecule has 0 saturated carbocycles. The summed E-state index contributed by atoms with van der Waals surface area (Å²) in [4.78, 5) is 39.4. The highest BCUT2D eigenvalue weighted by atomic mass is 28.3. The van der Waals surface area contributed by atoms with Gasteiger partial charge in [0.2, 0.25) is 5.78 Å². The van der Waals surface area contributed by atoms with Crippen molar-refractivity contribution in [2.45, 2.75) is 90.7 Å². The van der Waals surface area contributed by atoms with E-state index in [2.05, 4.69) is 51.6 Å². The highest BCUT2D eigenvalue weighted by Crippen LogP contribution is 2.32. The second kappa shape index (κ2) is 13.6. The molecule has 0 spiro atoms. The second-order valence-corrected chi connectivity index (χ2v) is 15.4. The first-order valence-corrected chi connectivity index (χ1v) is 16.1. The average Bonchev–Trinajstić information content (AvgIpc) is 2.89. The first kappa shape index (κ1) is 34.3. The number of nitrogens with zero attached hydrogens (tertiary/aromatic N) is 1. The van der Waals surface area contributed by atoms with E-state index in [1.54, 1.807) is 27.7 Å². The number of likely N-dealkylation sites (tertiary alicyclic amines) is 1. The molecule has 6 nitrogen and oxygen atoms in total. The number of halogens is 2. The molecule has 0 unspecified atom stereocenters. The molecule has 2 atom stereocenters. The Morgan fingerprint density at radius 1 is 0.977 bits per heavy atom. The standard InChI is InChI=1S/C34H44F2NO5Si/c1-23(18-19-41-43(26-12-10-9-11-13-26)27-16-14-25(15-17-27)32(3,4)5)21-34(35,36)30(39)28-22-37(24(2)20-29(28)38)31(40)42-33(6,7)8/h9-17,24,28H,1,18-22H2,2-8H3/t24-,28-/m1/s1. The van der Waals surface area contributed by atoms with Crippen molar-refractivity contribution in [1.82, 2.24) is 4.90 Å². The fraction of sp³-hybridized carbons (Fsp3) is 0.500. The number of Topliss-reactive ketones (excluding diaryl/α,β-unsaturated/α-hetero) is 2. The Morgan fingerprint density at radius 3 is 2.12 bits per heavy atom. The summed E-state index contributed by atoms with van der Waals surface area (Å²) in [7, 11) is -1.66. The highest BCUT2D eigenvalue weighted by Gasteiger charge is 2.49. The minimum Gasteiger partial charge on any atom is -0.444 e. The largest absolute Gasteiger partial charge is 0.444 e. The van der Waals surface area contributed by atoms with Crippen LogP contribution in [-0.2, 0) is 24.2 Å². The Hall–Kier alpha value is -3.17. The van der Waals surface area contributed by atoms with Gasteiger partial charge in [-0.3, -0.25) is 9.59 Å². The molecule has 43 heavy (non-hydrogen) atoms. The predicted molar refractivity (Wildman–Crippen MR) is 166 cm³/mol. The number of alkyl halides is 2. The fourth-order valence-corrected chi connectivity index (χ4v) is 6.85. The second-order valence-electron chi connectivity index (χ2n) is 13.3. The van der Waals surface area contributed by atoms with E-state index in [1.807, 2.05) is 30.3 Å². The average molecular weight is 613 g/mol. The first-order chi connectivity index (χ1) is 19.9. The smallest absolute Gasteiger partial charge is 0.410 e. The van der Waals surface area contributed by atoms with Crippen molar-refractivity contribution in [2.75, 3.05) is 13.2 Å². The Morgan fingerprint density at radius 2 is 1.56 bits per heavy atom. The van der Waals surface area contributed by atoms with E-state index in [0.29, 0.717) is 0 Å². The number of ketones is 2. The molecule has 1 saturated heterocycles. The number of rotatable bonds is 10. The van der Waals surface area contributed by atoms with Gasteiger partial charge >= 0.3 is 12.0 Å². The van der Waals surface area contributed by atoms with Crippen molar-refractivity contribution < 1.29 is 32.3 Å². The molecule has 0 aromatic heterocycles. The molecular formula is C34H44F2NO5Si. The van der Waals surface area contributed by atoms with Gasteiger partial charge in [-0.25, -0.2) is 4.79 Å². The van der Waals surface area contributed by atoms with Gasteiger partial charge in [-0.2, -0.15) is 8.78 Å². The van der Waals surface area contributed by atoms with Gasteiger partial charge in [-0.15, -0.1) is 0 Å². The Kier molecular flexibility index (Phi) is 10.9. The van der Waals surface area contributed by atoms with Crippen molar-refractivity contribution in [3.63, 3.8) is 0 Å². The summed E-state index contributed by atoms with van der Waals surface area (Å²) in [6, 6.07) is 17.5. The van der Waals surface area contributed by atoms with Gasteiger partial charge in [-0.1, -0.05) is 87.5 Å². The van der Waals surface area contributed by atoms with Crippen LogP contribution in [0.2, 0.25) is 0 Å². The molecule has 0 aliphatic carbocycles. The molecule has 0 bridgehead atoms. The third kappa shape index (κ3) is 9.40. The Labute approximate surface area is 256 Å². The molecule has 2 aromatic rings. The van der Waals surface area contributed by atoms with Crippen LogP contribution >= 0.6 is 0 Å². The zero-order valence-corrected chi connectivity index (χ0v) is 27.3.